The van der Waals surface area contributed by atoms with Crippen LogP contribution in [0.4, 0.5) is 0 Å². The summed E-state index contributed by atoms with van der Waals surface area (Å²) >= 11 is 0. The van der Waals surface area contributed by atoms with Gasteiger partial charge in [-0.25, -0.2) is 0 Å². The maximum atomic E-state index is 5.63. The van der Waals surface area contributed by atoms with Crippen LogP contribution in [0.25, 0.3) is 11.1 Å². The van der Waals surface area contributed by atoms with Crippen molar-refractivity contribution in [1.29, 1.82) is 0 Å². The van der Waals surface area contributed by atoms with Crippen LogP contribution < -0.4 is 0 Å². The van der Waals surface area contributed by atoms with Crippen LogP contribution in [0.5, 0.6) is 0 Å². The standard InChI is InChI=1S/C21H32O3/c1-17(2)14-24-16-19(4)21-10-8-9-20(13-21)18(3)15-23-12-7-6-11-22-5/h8-10,13,15-17H,6-7,11-12,14H2,1-5H3. The average molecular weight is 332 g/mol. The van der Waals surface area contributed by atoms with Gasteiger partial charge in [0.1, 0.15) is 0 Å². The Kier molecular flexibility index (Phi) is 9.94. The largest absolute Gasteiger partial charge is 0.501 e. The average Bonchev–Trinajstić information content (AvgIpc) is 2.57. The molecule has 3 heteroatoms. The van der Waals surface area contributed by atoms with Crippen molar-refractivity contribution in [1.82, 2.24) is 0 Å². The molecule has 0 spiro atoms. The van der Waals surface area contributed by atoms with E-state index in [-0.39, 0.29) is 0 Å². The summed E-state index contributed by atoms with van der Waals surface area (Å²) in [5.41, 5.74) is 4.59. The predicted molar refractivity (Wildman–Crippen MR) is 102 cm³/mol. The van der Waals surface area contributed by atoms with E-state index in [4.69, 9.17) is 14.2 Å². The molecule has 1 aromatic carbocycles. The summed E-state index contributed by atoms with van der Waals surface area (Å²) in [6.45, 7) is 10.7. The minimum atomic E-state index is 0.534. The minimum Gasteiger partial charge on any atom is -0.501 e. The van der Waals surface area contributed by atoms with Gasteiger partial charge < -0.3 is 14.2 Å². The highest BCUT2D eigenvalue weighted by Crippen LogP contribution is 2.20. The first kappa shape index (κ1) is 20.3. The molecule has 0 unspecified atom stereocenters. The number of rotatable bonds is 11. The molecule has 0 heterocycles. The molecule has 0 amide bonds. The van der Waals surface area contributed by atoms with Crippen LogP contribution >= 0.6 is 0 Å². The zero-order chi connectivity index (χ0) is 17.8. The smallest absolute Gasteiger partial charge is 0.0896 e. The summed E-state index contributed by atoms with van der Waals surface area (Å²) in [6, 6.07) is 8.45. The molecule has 0 saturated carbocycles. The quantitative estimate of drug-likeness (QED) is 0.394. The Morgan fingerprint density at radius 1 is 0.958 bits per heavy atom. The molecule has 0 bridgehead atoms. The lowest BCUT2D eigenvalue weighted by molar-refractivity contribution is 0.175. The van der Waals surface area contributed by atoms with Gasteiger partial charge in [-0.05, 0) is 60.9 Å². The molecule has 0 atom stereocenters. The number of ether oxygens (including phenoxy) is 3. The lowest BCUT2D eigenvalue weighted by Gasteiger charge is -2.09. The van der Waals surface area contributed by atoms with Gasteiger partial charge in [-0.3, -0.25) is 0 Å². The van der Waals surface area contributed by atoms with Crippen molar-refractivity contribution in [2.75, 3.05) is 26.9 Å². The molecule has 0 N–H and O–H groups in total. The molecule has 0 aliphatic heterocycles. The highest BCUT2D eigenvalue weighted by atomic mass is 16.5. The summed E-state index contributed by atoms with van der Waals surface area (Å²) in [5.74, 6) is 0.534. The molecule has 1 aromatic rings. The van der Waals surface area contributed by atoms with Gasteiger partial charge in [0.15, 0.2) is 0 Å². The number of unbranched alkanes of at least 4 members (excludes halogenated alkanes) is 1. The van der Waals surface area contributed by atoms with Crippen molar-refractivity contribution in [3.05, 3.63) is 47.9 Å². The summed E-state index contributed by atoms with van der Waals surface area (Å²) < 4.78 is 16.3. The van der Waals surface area contributed by atoms with Gasteiger partial charge in [0.05, 0.1) is 25.7 Å². The number of hydrogen-bond donors (Lipinski definition) is 0. The van der Waals surface area contributed by atoms with Crippen LogP contribution in [0, 0.1) is 5.92 Å². The molecule has 0 radical (unpaired) electrons. The molecule has 0 aliphatic carbocycles. The Morgan fingerprint density at radius 2 is 1.54 bits per heavy atom. The van der Waals surface area contributed by atoms with Crippen molar-refractivity contribution < 1.29 is 14.2 Å². The van der Waals surface area contributed by atoms with Gasteiger partial charge >= 0.3 is 0 Å². The van der Waals surface area contributed by atoms with Crippen LogP contribution in [-0.2, 0) is 14.2 Å². The second-order valence-electron chi connectivity index (χ2n) is 6.48. The molecule has 1 rings (SSSR count). The van der Waals surface area contributed by atoms with Crippen LogP contribution in [0.3, 0.4) is 0 Å². The number of allylic oxidation sites excluding steroid dienone is 2. The molecule has 0 saturated heterocycles. The first-order valence-corrected chi connectivity index (χ1v) is 8.71. The fourth-order valence-corrected chi connectivity index (χ4v) is 2.13. The maximum absolute atomic E-state index is 5.63. The second-order valence-corrected chi connectivity index (χ2v) is 6.48. The molecular weight excluding hydrogens is 300 g/mol. The van der Waals surface area contributed by atoms with Crippen molar-refractivity contribution in [3.8, 4) is 0 Å². The Labute approximate surface area is 147 Å². The Morgan fingerprint density at radius 3 is 2.12 bits per heavy atom. The Bertz CT molecular complexity index is 530. The molecule has 0 aliphatic rings. The van der Waals surface area contributed by atoms with E-state index in [1.807, 2.05) is 12.5 Å². The minimum absolute atomic E-state index is 0.534. The molecule has 134 valence electrons. The van der Waals surface area contributed by atoms with Crippen molar-refractivity contribution in [2.24, 2.45) is 5.92 Å². The molecule has 3 nitrogen and oxygen atoms in total. The molecule has 0 fully saturated rings. The third-order valence-corrected chi connectivity index (χ3v) is 3.58. The number of benzene rings is 1. The fourth-order valence-electron chi connectivity index (χ4n) is 2.13. The number of methoxy groups -OCH3 is 1. The second kappa shape index (κ2) is 11.7. The Balaban J connectivity index is 2.59. The first-order chi connectivity index (χ1) is 11.5. The monoisotopic (exact) mass is 332 g/mol. The lowest BCUT2D eigenvalue weighted by Crippen LogP contribution is -1.97. The summed E-state index contributed by atoms with van der Waals surface area (Å²) in [4.78, 5) is 0. The topological polar surface area (TPSA) is 27.7 Å². The fraction of sp³-hybridized carbons (Fsp3) is 0.524. The lowest BCUT2D eigenvalue weighted by atomic mass is 10.0. The van der Waals surface area contributed by atoms with Crippen molar-refractivity contribution in [2.45, 2.75) is 40.5 Å². The van der Waals surface area contributed by atoms with Crippen molar-refractivity contribution >= 4 is 11.1 Å². The van der Waals surface area contributed by atoms with Gasteiger partial charge in [0, 0.05) is 13.7 Å². The highest BCUT2D eigenvalue weighted by Gasteiger charge is 2.01. The van der Waals surface area contributed by atoms with Crippen LogP contribution in [0.1, 0.15) is 51.7 Å². The molecular formula is C21H32O3. The SMILES string of the molecule is COCCCCOC=C(C)c1cccc(C(C)=COCC(C)C)c1. The van der Waals surface area contributed by atoms with E-state index in [0.29, 0.717) is 5.92 Å². The zero-order valence-corrected chi connectivity index (χ0v) is 15.8. The van der Waals surface area contributed by atoms with E-state index in [0.717, 1.165) is 43.8 Å². The van der Waals surface area contributed by atoms with E-state index in [9.17, 15) is 0 Å². The highest BCUT2D eigenvalue weighted by molar-refractivity contribution is 5.70. The van der Waals surface area contributed by atoms with Gasteiger partial charge in [0.25, 0.3) is 0 Å². The van der Waals surface area contributed by atoms with E-state index >= 15 is 0 Å². The summed E-state index contributed by atoms with van der Waals surface area (Å²) in [7, 11) is 1.72. The van der Waals surface area contributed by atoms with Crippen molar-refractivity contribution in [3.63, 3.8) is 0 Å². The van der Waals surface area contributed by atoms with Gasteiger partial charge in [0.2, 0.25) is 0 Å². The first-order valence-electron chi connectivity index (χ1n) is 8.71. The van der Waals surface area contributed by atoms with Crippen LogP contribution in [0.2, 0.25) is 0 Å². The van der Waals surface area contributed by atoms with Gasteiger partial charge in [-0.15, -0.1) is 0 Å². The van der Waals surface area contributed by atoms with E-state index in [2.05, 4.69) is 52.0 Å². The zero-order valence-electron chi connectivity index (χ0n) is 15.8. The van der Waals surface area contributed by atoms with Crippen LogP contribution in [-0.4, -0.2) is 26.9 Å². The Hall–Kier alpha value is -1.74. The van der Waals surface area contributed by atoms with E-state index < -0.39 is 0 Å². The molecule has 24 heavy (non-hydrogen) atoms. The van der Waals surface area contributed by atoms with Crippen LogP contribution in [0.15, 0.2) is 36.8 Å². The normalized spacial score (nSPS) is 12.6. The summed E-state index contributed by atoms with van der Waals surface area (Å²) in [6.07, 6.45) is 5.73. The predicted octanol–water partition coefficient (Wildman–Crippen LogP) is 5.52. The third kappa shape index (κ3) is 8.21. The number of hydrogen-bond acceptors (Lipinski definition) is 3. The van der Waals surface area contributed by atoms with Gasteiger partial charge in [-0.2, -0.15) is 0 Å². The van der Waals surface area contributed by atoms with E-state index in [1.165, 1.54) is 11.1 Å². The molecule has 0 aromatic heterocycles. The summed E-state index contributed by atoms with van der Waals surface area (Å²) in [5, 5.41) is 0. The third-order valence-electron chi connectivity index (χ3n) is 3.58. The van der Waals surface area contributed by atoms with E-state index in [1.54, 1.807) is 7.11 Å². The maximum Gasteiger partial charge on any atom is 0.0896 e. The van der Waals surface area contributed by atoms with Gasteiger partial charge in [-0.1, -0.05) is 32.0 Å².